The van der Waals surface area contributed by atoms with E-state index in [0.717, 1.165) is 19.5 Å². The lowest BCUT2D eigenvalue weighted by molar-refractivity contribution is 0.0225. The summed E-state index contributed by atoms with van der Waals surface area (Å²) in [6.07, 6.45) is 1.08. The molecule has 0 aromatic carbocycles. The quantitative estimate of drug-likeness (QED) is 0.638. The van der Waals surface area contributed by atoms with Crippen LogP contribution in [0.1, 0.15) is 48.0 Å². The van der Waals surface area contributed by atoms with Crippen molar-refractivity contribution in [2.45, 2.75) is 59.5 Å². The van der Waals surface area contributed by atoms with Crippen LogP contribution in [0, 0.1) is 5.41 Å². The summed E-state index contributed by atoms with van der Waals surface area (Å²) < 4.78 is 0. The van der Waals surface area contributed by atoms with Crippen LogP contribution in [0.5, 0.6) is 0 Å². The first kappa shape index (κ1) is 14.6. The van der Waals surface area contributed by atoms with Gasteiger partial charge in [-0.1, -0.05) is 27.4 Å². The molecule has 2 nitrogen and oxygen atoms in total. The third-order valence-corrected chi connectivity index (χ3v) is 3.87. The molecule has 0 aliphatic carbocycles. The Kier molecular flexibility index (Phi) is 3.97. The maximum absolute atomic E-state index is 4.19. The Morgan fingerprint density at radius 3 is 2.06 bits per heavy atom. The van der Waals surface area contributed by atoms with Crippen LogP contribution in [0.25, 0.3) is 0 Å². The highest BCUT2D eigenvalue weighted by Crippen LogP contribution is 2.33. The molecular formula is C15H30N2. The molecule has 1 rings (SSSR count). The molecule has 1 fully saturated rings. The van der Waals surface area contributed by atoms with E-state index in [4.69, 9.17) is 0 Å². The van der Waals surface area contributed by atoms with Crippen LogP contribution in [-0.2, 0) is 0 Å². The third-order valence-electron chi connectivity index (χ3n) is 3.87. The van der Waals surface area contributed by atoms with Gasteiger partial charge < -0.3 is 4.90 Å². The zero-order chi connectivity index (χ0) is 13.4. The Morgan fingerprint density at radius 1 is 1.12 bits per heavy atom. The van der Waals surface area contributed by atoms with Gasteiger partial charge in [0.1, 0.15) is 0 Å². The summed E-state index contributed by atoms with van der Waals surface area (Å²) >= 11 is 0. The maximum atomic E-state index is 4.19. The smallest absolute Gasteiger partial charge is 0.0333 e. The summed E-state index contributed by atoms with van der Waals surface area (Å²) in [6.45, 7) is 20.4. The molecule has 1 aliphatic heterocycles. The summed E-state index contributed by atoms with van der Waals surface area (Å²) in [5.41, 5.74) is 1.79. The number of rotatable bonds is 0. The maximum Gasteiger partial charge on any atom is 0.0333 e. The van der Waals surface area contributed by atoms with E-state index in [-0.39, 0.29) is 5.54 Å². The Hall–Kier alpha value is -0.500. The lowest BCUT2D eigenvalue weighted by Gasteiger charge is -2.47. The summed E-state index contributed by atoms with van der Waals surface area (Å²) in [7, 11) is 2.17. The van der Waals surface area contributed by atoms with Gasteiger partial charge in [-0.25, -0.2) is 0 Å². The number of hydrogen-bond donors (Lipinski definition) is 0. The van der Waals surface area contributed by atoms with E-state index in [2.05, 4.69) is 65.0 Å². The van der Waals surface area contributed by atoms with Crippen LogP contribution in [0.4, 0.5) is 0 Å². The van der Waals surface area contributed by atoms with Gasteiger partial charge in [0.2, 0.25) is 0 Å². The highest BCUT2D eigenvalue weighted by Gasteiger charge is 2.38. The van der Waals surface area contributed by atoms with E-state index < -0.39 is 0 Å². The van der Waals surface area contributed by atoms with Crippen molar-refractivity contribution in [1.82, 2.24) is 9.80 Å². The van der Waals surface area contributed by atoms with Crippen LogP contribution < -0.4 is 0 Å². The predicted octanol–water partition coefficient (Wildman–Crippen LogP) is 3.35. The van der Waals surface area contributed by atoms with E-state index in [0.29, 0.717) is 11.5 Å². The van der Waals surface area contributed by atoms with Crippen LogP contribution in [0.15, 0.2) is 12.3 Å². The molecule has 0 radical (unpaired) electrons. The van der Waals surface area contributed by atoms with Crippen LogP contribution >= 0.6 is 0 Å². The molecule has 0 bridgehead atoms. The minimum Gasteiger partial charge on any atom is -0.377 e. The number of nitrogens with zero attached hydrogens (tertiary/aromatic N) is 2. The highest BCUT2D eigenvalue weighted by atomic mass is 15.3. The minimum atomic E-state index is 0.226. The van der Waals surface area contributed by atoms with Gasteiger partial charge in [-0.05, 0) is 32.6 Å². The molecule has 0 aromatic rings. The lowest BCUT2D eigenvalue weighted by Crippen LogP contribution is -2.55. The van der Waals surface area contributed by atoms with Crippen molar-refractivity contribution in [2.24, 2.45) is 5.41 Å². The number of likely N-dealkylation sites (N-methyl/N-ethyl adjacent to an activating group) is 1. The molecule has 0 saturated carbocycles. The first-order chi connectivity index (χ1) is 7.53. The molecule has 100 valence electrons. The Balaban J connectivity index is 3.03. The Morgan fingerprint density at radius 2 is 1.65 bits per heavy atom. The molecule has 1 saturated heterocycles. The van der Waals surface area contributed by atoms with Gasteiger partial charge >= 0.3 is 0 Å². The molecule has 2 heteroatoms. The molecule has 1 heterocycles. The van der Waals surface area contributed by atoms with Gasteiger partial charge in [0.05, 0.1) is 0 Å². The summed E-state index contributed by atoms with van der Waals surface area (Å²) in [5.74, 6) is 0. The van der Waals surface area contributed by atoms with Gasteiger partial charge in [0.25, 0.3) is 0 Å². The van der Waals surface area contributed by atoms with Crippen molar-refractivity contribution in [3.05, 3.63) is 12.3 Å². The molecule has 1 aliphatic rings. The average Bonchev–Trinajstić information content (AvgIpc) is 2.25. The van der Waals surface area contributed by atoms with E-state index >= 15 is 0 Å². The second-order valence-corrected chi connectivity index (χ2v) is 7.44. The molecule has 0 spiro atoms. The molecule has 0 aromatic heterocycles. The summed E-state index contributed by atoms with van der Waals surface area (Å²) in [4.78, 5) is 4.99. The van der Waals surface area contributed by atoms with Crippen LogP contribution in [0.2, 0.25) is 0 Å². The highest BCUT2D eigenvalue weighted by molar-refractivity contribution is 5.02. The van der Waals surface area contributed by atoms with Crippen LogP contribution in [-0.4, -0.2) is 41.5 Å². The zero-order valence-electron chi connectivity index (χ0n) is 12.8. The monoisotopic (exact) mass is 238 g/mol. The zero-order valence-corrected chi connectivity index (χ0v) is 12.8. The van der Waals surface area contributed by atoms with E-state index in [9.17, 15) is 0 Å². The van der Waals surface area contributed by atoms with E-state index in [1.54, 1.807) is 0 Å². The van der Waals surface area contributed by atoms with Crippen molar-refractivity contribution in [3.8, 4) is 0 Å². The fourth-order valence-corrected chi connectivity index (χ4v) is 2.63. The van der Waals surface area contributed by atoms with Crippen molar-refractivity contribution in [3.63, 3.8) is 0 Å². The second kappa shape index (κ2) is 4.64. The van der Waals surface area contributed by atoms with E-state index in [1.807, 2.05) is 0 Å². The molecule has 0 N–H and O–H groups in total. The first-order valence-electron chi connectivity index (χ1n) is 6.69. The SMILES string of the molecule is C=C1CCN(C(C)(C)C)C(C(C)(C)C)CN1C. The Labute approximate surface area is 108 Å². The van der Waals surface area contributed by atoms with Crippen molar-refractivity contribution in [1.29, 1.82) is 0 Å². The Bertz CT molecular complexity index is 280. The second-order valence-electron chi connectivity index (χ2n) is 7.44. The fourth-order valence-electron chi connectivity index (χ4n) is 2.63. The first-order valence-corrected chi connectivity index (χ1v) is 6.69. The predicted molar refractivity (Wildman–Crippen MR) is 76.1 cm³/mol. The molecule has 17 heavy (non-hydrogen) atoms. The lowest BCUT2D eigenvalue weighted by atomic mass is 9.83. The largest absolute Gasteiger partial charge is 0.377 e. The molecular weight excluding hydrogens is 208 g/mol. The van der Waals surface area contributed by atoms with Crippen LogP contribution in [0.3, 0.4) is 0 Å². The van der Waals surface area contributed by atoms with Gasteiger partial charge in [-0.3, -0.25) is 4.90 Å². The topological polar surface area (TPSA) is 6.48 Å². The third kappa shape index (κ3) is 3.48. The minimum absolute atomic E-state index is 0.226. The van der Waals surface area contributed by atoms with E-state index in [1.165, 1.54) is 5.70 Å². The standard InChI is InChI=1S/C15H30N2/c1-12-9-10-17(15(5,6)7)13(11-16(12)8)14(2,3)4/h13H,1,9-11H2,2-8H3. The van der Waals surface area contributed by atoms with Gasteiger partial charge in [-0.15, -0.1) is 0 Å². The fraction of sp³-hybridized carbons (Fsp3) is 0.867. The summed E-state index contributed by atoms with van der Waals surface area (Å²) in [5, 5.41) is 0. The van der Waals surface area contributed by atoms with Crippen molar-refractivity contribution < 1.29 is 0 Å². The van der Waals surface area contributed by atoms with Crippen molar-refractivity contribution in [2.75, 3.05) is 20.1 Å². The molecule has 1 unspecified atom stereocenters. The van der Waals surface area contributed by atoms with Gasteiger partial charge in [0.15, 0.2) is 0 Å². The van der Waals surface area contributed by atoms with Gasteiger partial charge in [0, 0.05) is 37.4 Å². The molecule has 0 amide bonds. The summed E-state index contributed by atoms with van der Waals surface area (Å²) in [6, 6.07) is 0.576. The molecule has 1 atom stereocenters. The normalized spacial score (nSPS) is 25.0. The average molecular weight is 238 g/mol. The van der Waals surface area contributed by atoms with Crippen molar-refractivity contribution >= 4 is 0 Å². The number of hydrogen-bond acceptors (Lipinski definition) is 2. The van der Waals surface area contributed by atoms with Gasteiger partial charge in [-0.2, -0.15) is 0 Å².